The van der Waals surface area contributed by atoms with Crippen LogP contribution in [-0.2, 0) is 25.7 Å². The Kier molecular flexibility index (Phi) is 7.10. The monoisotopic (exact) mass is 502 g/mol. The maximum atomic E-state index is 2.74. The van der Waals surface area contributed by atoms with Crippen molar-refractivity contribution in [2.45, 2.75) is 85.0 Å². The first-order valence-corrected chi connectivity index (χ1v) is 15.4. The normalized spacial score (nSPS) is 28.0. The van der Waals surface area contributed by atoms with Gasteiger partial charge in [-0.05, 0) is 125 Å². The summed E-state index contributed by atoms with van der Waals surface area (Å²) in [5.41, 5.74) is 11.4. The summed E-state index contributed by atoms with van der Waals surface area (Å²) >= 11 is 0. The van der Waals surface area contributed by atoms with Gasteiger partial charge in [0.2, 0.25) is 0 Å². The summed E-state index contributed by atoms with van der Waals surface area (Å²) in [6, 6.07) is 28.2. The zero-order valence-corrected chi connectivity index (χ0v) is 24.0. The Hall–Kier alpha value is -2.60. The Balaban J connectivity index is 1.36. The van der Waals surface area contributed by atoms with Crippen LogP contribution < -0.4 is 0 Å². The van der Waals surface area contributed by atoms with E-state index in [2.05, 4.69) is 107 Å². The summed E-state index contributed by atoms with van der Waals surface area (Å²) < 4.78 is 0. The predicted octanol–water partition coefficient (Wildman–Crippen LogP) is 9.86. The number of fused-ring (bicyclic) bond motifs is 4. The average molecular weight is 503 g/mol. The van der Waals surface area contributed by atoms with Crippen LogP contribution in [0.5, 0.6) is 0 Å². The Morgan fingerprint density at radius 1 is 0.921 bits per heavy atom. The van der Waals surface area contributed by atoms with Gasteiger partial charge < -0.3 is 0 Å². The highest BCUT2D eigenvalue weighted by molar-refractivity contribution is 5.70. The SMILES string of the molecule is CCc1cc(CC2CC(C)CC23Cc2ccccc2C2CC(c4ccccc4)=CC23)ccc1CCC(C)C. The third-order valence-corrected chi connectivity index (χ3v) is 10.4. The Labute approximate surface area is 231 Å². The smallest absolute Gasteiger partial charge is 0.00500 e. The summed E-state index contributed by atoms with van der Waals surface area (Å²) in [5.74, 6) is 3.60. The van der Waals surface area contributed by atoms with Gasteiger partial charge in [-0.25, -0.2) is 0 Å². The van der Waals surface area contributed by atoms with E-state index < -0.39 is 0 Å². The van der Waals surface area contributed by atoms with Crippen LogP contribution in [0.15, 0.2) is 78.9 Å². The molecule has 0 amide bonds. The molecule has 1 saturated carbocycles. The van der Waals surface area contributed by atoms with E-state index >= 15 is 0 Å². The summed E-state index contributed by atoms with van der Waals surface area (Å²) in [6.07, 6.45) is 12.8. The van der Waals surface area contributed by atoms with E-state index in [9.17, 15) is 0 Å². The molecule has 5 atom stereocenters. The first-order chi connectivity index (χ1) is 18.5. The molecule has 3 aliphatic carbocycles. The van der Waals surface area contributed by atoms with Crippen molar-refractivity contribution in [2.24, 2.45) is 29.1 Å². The molecule has 3 aromatic rings. The number of hydrogen-bond acceptors (Lipinski definition) is 0. The van der Waals surface area contributed by atoms with Crippen molar-refractivity contribution in [3.05, 3.63) is 112 Å². The minimum absolute atomic E-state index is 0.373. The van der Waals surface area contributed by atoms with Gasteiger partial charge in [-0.2, -0.15) is 0 Å². The molecule has 0 N–H and O–H groups in total. The van der Waals surface area contributed by atoms with Gasteiger partial charge in [-0.15, -0.1) is 0 Å². The molecule has 0 radical (unpaired) electrons. The molecule has 0 saturated heterocycles. The van der Waals surface area contributed by atoms with E-state index in [1.807, 2.05) is 0 Å². The first-order valence-electron chi connectivity index (χ1n) is 15.4. The molecule has 3 aliphatic rings. The largest absolute Gasteiger partial charge is 0.0764 e. The molecule has 38 heavy (non-hydrogen) atoms. The van der Waals surface area contributed by atoms with Gasteiger partial charge in [-0.3, -0.25) is 0 Å². The molecule has 1 spiro atoms. The van der Waals surface area contributed by atoms with E-state index in [0.717, 1.165) is 24.2 Å². The van der Waals surface area contributed by atoms with Crippen LogP contribution in [0.2, 0.25) is 0 Å². The van der Waals surface area contributed by atoms with Crippen molar-refractivity contribution >= 4 is 5.57 Å². The lowest BCUT2D eigenvalue weighted by Gasteiger charge is -2.48. The van der Waals surface area contributed by atoms with Crippen LogP contribution in [-0.4, -0.2) is 0 Å². The predicted molar refractivity (Wildman–Crippen MR) is 162 cm³/mol. The van der Waals surface area contributed by atoms with E-state index in [-0.39, 0.29) is 0 Å². The number of rotatable bonds is 7. The van der Waals surface area contributed by atoms with Crippen molar-refractivity contribution in [2.75, 3.05) is 0 Å². The molecule has 198 valence electrons. The minimum atomic E-state index is 0.373. The third-order valence-electron chi connectivity index (χ3n) is 10.4. The summed E-state index contributed by atoms with van der Waals surface area (Å²) in [6.45, 7) is 9.56. The van der Waals surface area contributed by atoms with E-state index in [4.69, 9.17) is 0 Å². The molecule has 6 rings (SSSR count). The highest BCUT2D eigenvalue weighted by atomic mass is 14.6. The lowest BCUT2D eigenvalue weighted by Crippen LogP contribution is -2.42. The molecule has 0 nitrogen and oxygen atoms in total. The lowest BCUT2D eigenvalue weighted by molar-refractivity contribution is 0.0994. The molecule has 0 heterocycles. The van der Waals surface area contributed by atoms with Crippen LogP contribution in [0, 0.1) is 29.1 Å². The van der Waals surface area contributed by atoms with Crippen LogP contribution in [0.4, 0.5) is 0 Å². The fraction of sp³-hybridized carbons (Fsp3) is 0.474. The van der Waals surface area contributed by atoms with Crippen molar-refractivity contribution in [1.29, 1.82) is 0 Å². The van der Waals surface area contributed by atoms with Crippen molar-refractivity contribution in [1.82, 2.24) is 0 Å². The molecule has 0 heteroatoms. The number of hydrogen-bond donors (Lipinski definition) is 0. The van der Waals surface area contributed by atoms with Crippen LogP contribution in [0.3, 0.4) is 0 Å². The van der Waals surface area contributed by atoms with Gasteiger partial charge >= 0.3 is 0 Å². The fourth-order valence-electron chi connectivity index (χ4n) is 8.67. The number of benzene rings is 3. The molecule has 0 aliphatic heterocycles. The summed E-state index contributed by atoms with van der Waals surface area (Å²) in [5, 5.41) is 0. The highest BCUT2D eigenvalue weighted by Crippen LogP contribution is 2.64. The Morgan fingerprint density at radius 3 is 2.50 bits per heavy atom. The number of allylic oxidation sites excluding steroid dienone is 2. The van der Waals surface area contributed by atoms with Gasteiger partial charge in [-0.1, -0.05) is 107 Å². The quantitative estimate of drug-likeness (QED) is 0.301. The fourth-order valence-corrected chi connectivity index (χ4v) is 8.67. The molecule has 0 bridgehead atoms. The van der Waals surface area contributed by atoms with Crippen molar-refractivity contribution < 1.29 is 0 Å². The lowest BCUT2D eigenvalue weighted by atomic mass is 9.56. The minimum Gasteiger partial charge on any atom is -0.0764 e. The van der Waals surface area contributed by atoms with Gasteiger partial charge in [0.25, 0.3) is 0 Å². The molecule has 3 aromatic carbocycles. The topological polar surface area (TPSA) is 0 Å². The molecular formula is C38H46. The van der Waals surface area contributed by atoms with Crippen LogP contribution >= 0.6 is 0 Å². The first kappa shape index (κ1) is 25.7. The Morgan fingerprint density at radius 2 is 1.71 bits per heavy atom. The second-order valence-electron chi connectivity index (χ2n) is 13.3. The van der Waals surface area contributed by atoms with Gasteiger partial charge in [0.15, 0.2) is 0 Å². The van der Waals surface area contributed by atoms with E-state index in [1.165, 1.54) is 50.5 Å². The maximum absolute atomic E-state index is 2.74. The average Bonchev–Trinajstić information content (AvgIpc) is 3.51. The van der Waals surface area contributed by atoms with Gasteiger partial charge in [0, 0.05) is 0 Å². The summed E-state index contributed by atoms with van der Waals surface area (Å²) in [7, 11) is 0. The zero-order chi connectivity index (χ0) is 26.3. The van der Waals surface area contributed by atoms with Crippen molar-refractivity contribution in [3.63, 3.8) is 0 Å². The second kappa shape index (κ2) is 10.5. The standard InChI is InChI=1S/C38H46/c1-5-29-20-28(16-18-31(29)17-15-26(2)3)21-34-19-27(4)24-38(34)25-32-13-9-10-14-35(32)36-22-33(23-37(36)38)30-11-7-6-8-12-30/h6-14,16,18,20,23,26-27,34,36-37H,5,15,17,19,21-22,24-25H2,1-4H3. The molecular weight excluding hydrogens is 456 g/mol. The van der Waals surface area contributed by atoms with Crippen molar-refractivity contribution in [3.8, 4) is 0 Å². The Bertz CT molecular complexity index is 1290. The van der Waals surface area contributed by atoms with Crippen LogP contribution in [0.1, 0.15) is 92.7 Å². The van der Waals surface area contributed by atoms with E-state index in [0.29, 0.717) is 17.3 Å². The zero-order valence-electron chi connectivity index (χ0n) is 24.0. The maximum Gasteiger partial charge on any atom is -0.00500 e. The van der Waals surface area contributed by atoms with Gasteiger partial charge in [0.05, 0.1) is 0 Å². The van der Waals surface area contributed by atoms with E-state index in [1.54, 1.807) is 33.4 Å². The molecule has 5 unspecified atom stereocenters. The molecule has 0 aromatic heterocycles. The third kappa shape index (κ3) is 4.70. The summed E-state index contributed by atoms with van der Waals surface area (Å²) in [4.78, 5) is 0. The molecule has 1 fully saturated rings. The number of aryl methyl sites for hydroxylation is 2. The second-order valence-corrected chi connectivity index (χ2v) is 13.3. The highest BCUT2D eigenvalue weighted by Gasteiger charge is 2.56. The van der Waals surface area contributed by atoms with Gasteiger partial charge in [0.1, 0.15) is 0 Å². The van der Waals surface area contributed by atoms with Crippen LogP contribution in [0.25, 0.3) is 5.57 Å².